The van der Waals surface area contributed by atoms with Gasteiger partial charge in [0.1, 0.15) is 0 Å². The Morgan fingerprint density at radius 2 is 1.13 bits per heavy atom. The Kier molecular flexibility index (Phi) is 11.0. The van der Waals surface area contributed by atoms with Crippen LogP contribution in [0.1, 0.15) is 159 Å². The maximum atomic E-state index is 2.81. The van der Waals surface area contributed by atoms with Crippen LogP contribution in [0.4, 0.5) is 0 Å². The van der Waals surface area contributed by atoms with E-state index in [1.807, 2.05) is 11.1 Å². The van der Waals surface area contributed by atoms with E-state index in [0.29, 0.717) is 5.92 Å². The Bertz CT molecular complexity index is 1510. The molecule has 0 bridgehead atoms. The Balaban J connectivity index is 0.00000167. The summed E-state index contributed by atoms with van der Waals surface area (Å²) >= 11 is 0. The van der Waals surface area contributed by atoms with Crippen LogP contribution in [-0.4, -0.2) is 0 Å². The zero-order valence-electron chi connectivity index (χ0n) is 31.3. The SMILES string of the molecule is Cc1cc2c(cc1C(C)(C)C)-c1cc(C(C)(C)C)c(C)cc1C2C1(C2CCCCC2)C2=C(CC(C(C)(C)C)=C2)C2CCCC21.[Cl-].[Cl-].[Zr+2]. The molecule has 254 valence electrons. The van der Waals surface area contributed by atoms with Crippen LogP contribution >= 0.6 is 0 Å². The summed E-state index contributed by atoms with van der Waals surface area (Å²) in [6.45, 7) is 26.6. The molecule has 0 aliphatic heterocycles. The van der Waals surface area contributed by atoms with E-state index in [9.17, 15) is 0 Å². The molecule has 2 aromatic carbocycles. The van der Waals surface area contributed by atoms with Gasteiger partial charge in [-0.2, -0.15) is 0 Å². The zero-order valence-corrected chi connectivity index (χ0v) is 35.3. The Hall–Kier alpha value is -0.617. The van der Waals surface area contributed by atoms with Crippen LogP contribution in [0.25, 0.3) is 11.1 Å². The van der Waals surface area contributed by atoms with Gasteiger partial charge in [-0.25, -0.2) is 0 Å². The first kappa shape index (κ1) is 39.2. The molecule has 5 aliphatic carbocycles. The van der Waals surface area contributed by atoms with E-state index in [1.165, 1.54) is 80.0 Å². The molecule has 7 rings (SSSR count). The Morgan fingerprint density at radius 1 is 0.617 bits per heavy atom. The maximum Gasteiger partial charge on any atom is 2.00 e. The van der Waals surface area contributed by atoms with Crippen LogP contribution in [0.3, 0.4) is 0 Å². The van der Waals surface area contributed by atoms with Gasteiger partial charge in [0.2, 0.25) is 0 Å². The second-order valence-electron chi connectivity index (χ2n) is 18.9. The first-order valence-electron chi connectivity index (χ1n) is 18.3. The molecule has 2 fully saturated rings. The van der Waals surface area contributed by atoms with Gasteiger partial charge in [0.05, 0.1) is 0 Å². The fraction of sp³-hybridized carbons (Fsp3) is 0.636. The smallest absolute Gasteiger partial charge is 1.00 e. The second-order valence-corrected chi connectivity index (χ2v) is 18.9. The Morgan fingerprint density at radius 3 is 1.60 bits per heavy atom. The monoisotopic (exact) mass is 748 g/mol. The number of rotatable bonds is 2. The fourth-order valence-electron chi connectivity index (χ4n) is 11.4. The summed E-state index contributed by atoms with van der Waals surface area (Å²) < 4.78 is 0. The van der Waals surface area contributed by atoms with Crippen LogP contribution in [-0.2, 0) is 37.0 Å². The molecule has 0 nitrogen and oxygen atoms in total. The number of halogens is 2. The van der Waals surface area contributed by atoms with Crippen molar-refractivity contribution in [2.75, 3.05) is 0 Å². The van der Waals surface area contributed by atoms with Crippen molar-refractivity contribution in [1.29, 1.82) is 0 Å². The molecule has 2 saturated carbocycles. The van der Waals surface area contributed by atoms with Gasteiger partial charge in [0.15, 0.2) is 0 Å². The summed E-state index contributed by atoms with van der Waals surface area (Å²) in [4.78, 5) is 0. The van der Waals surface area contributed by atoms with E-state index < -0.39 is 0 Å². The third-order valence-corrected chi connectivity index (χ3v) is 13.1. The van der Waals surface area contributed by atoms with Crippen LogP contribution in [0.5, 0.6) is 0 Å². The number of aryl methyl sites for hydroxylation is 2. The molecule has 3 atom stereocenters. The van der Waals surface area contributed by atoms with Crippen molar-refractivity contribution < 1.29 is 51.0 Å². The van der Waals surface area contributed by atoms with E-state index in [1.54, 1.807) is 27.8 Å². The van der Waals surface area contributed by atoms with Crippen LogP contribution in [0, 0.1) is 42.4 Å². The van der Waals surface area contributed by atoms with Gasteiger partial charge in [0.25, 0.3) is 0 Å². The van der Waals surface area contributed by atoms with E-state index in [-0.39, 0.29) is 72.7 Å². The summed E-state index contributed by atoms with van der Waals surface area (Å²) in [7, 11) is 0. The topological polar surface area (TPSA) is 0 Å². The van der Waals surface area contributed by atoms with Gasteiger partial charge in [-0.1, -0.05) is 129 Å². The van der Waals surface area contributed by atoms with Gasteiger partial charge in [-0.05, 0) is 130 Å². The van der Waals surface area contributed by atoms with Gasteiger partial charge in [-0.15, -0.1) is 0 Å². The standard InChI is InChI=1S/C44H60.2ClH.Zr/c1-26-20-34-31(24-37(26)42(6,7)8)32-25-38(43(9,10)11)27(2)21-35(32)40(34)44(28-16-13-12-14-17-28)36-19-15-18-30(36)33-22-29(23-39(33)44)41(3,4)5;;;/h20-21,23-25,28,30,36,40H,12-19,22H2,1-11H3;2*1H;/q;;;+2/p-2. The minimum Gasteiger partial charge on any atom is -1.00 e. The molecule has 0 saturated heterocycles. The summed E-state index contributed by atoms with van der Waals surface area (Å²) in [5, 5.41) is 0. The van der Waals surface area contributed by atoms with Gasteiger partial charge < -0.3 is 24.8 Å². The number of benzene rings is 2. The molecule has 0 aromatic heterocycles. The number of hydrogen-bond acceptors (Lipinski definition) is 0. The Labute approximate surface area is 319 Å². The molecule has 0 amide bonds. The molecule has 2 aromatic rings. The predicted octanol–water partition coefficient (Wildman–Crippen LogP) is 6.69. The molecular formula is C44H60Cl2Zr. The summed E-state index contributed by atoms with van der Waals surface area (Å²) in [6.07, 6.45) is 15.4. The molecular weight excluding hydrogens is 691 g/mol. The average molecular weight is 751 g/mol. The molecule has 5 aliphatic rings. The van der Waals surface area contributed by atoms with Crippen molar-refractivity contribution >= 4 is 0 Å². The third kappa shape index (κ3) is 5.99. The van der Waals surface area contributed by atoms with Crippen LogP contribution in [0.15, 0.2) is 47.1 Å². The molecule has 3 heteroatoms. The van der Waals surface area contributed by atoms with E-state index in [4.69, 9.17) is 0 Å². The molecule has 0 radical (unpaired) electrons. The molecule has 0 spiro atoms. The van der Waals surface area contributed by atoms with E-state index in [2.05, 4.69) is 107 Å². The van der Waals surface area contributed by atoms with Gasteiger partial charge in [-0.3, -0.25) is 0 Å². The summed E-state index contributed by atoms with van der Waals surface area (Å²) in [5.41, 5.74) is 18.6. The van der Waals surface area contributed by atoms with Crippen molar-refractivity contribution in [2.45, 2.75) is 151 Å². The molecule has 47 heavy (non-hydrogen) atoms. The quantitative estimate of drug-likeness (QED) is 0.322. The number of fused-ring (bicyclic) bond motifs is 5. The van der Waals surface area contributed by atoms with E-state index in [0.717, 1.165) is 17.8 Å². The minimum atomic E-state index is 0. The minimum absolute atomic E-state index is 0. The van der Waals surface area contributed by atoms with Gasteiger partial charge >= 0.3 is 26.2 Å². The second kappa shape index (κ2) is 13.2. The van der Waals surface area contributed by atoms with Crippen molar-refractivity contribution in [3.8, 4) is 11.1 Å². The molecule has 3 unspecified atom stereocenters. The molecule has 0 N–H and O–H groups in total. The van der Waals surface area contributed by atoms with Crippen molar-refractivity contribution in [3.63, 3.8) is 0 Å². The summed E-state index contributed by atoms with van der Waals surface area (Å²) in [6, 6.07) is 10.7. The normalized spacial score (nSPS) is 25.7. The predicted molar refractivity (Wildman–Crippen MR) is 190 cm³/mol. The van der Waals surface area contributed by atoms with Crippen LogP contribution in [0.2, 0.25) is 0 Å². The van der Waals surface area contributed by atoms with Crippen LogP contribution < -0.4 is 24.8 Å². The average Bonchev–Trinajstić information content (AvgIpc) is 3.67. The maximum absolute atomic E-state index is 2.81. The summed E-state index contributed by atoms with van der Waals surface area (Å²) in [5.74, 6) is 2.83. The number of allylic oxidation sites excluding steroid dienone is 4. The van der Waals surface area contributed by atoms with Crippen molar-refractivity contribution in [3.05, 3.63) is 80.4 Å². The van der Waals surface area contributed by atoms with E-state index >= 15 is 0 Å². The first-order valence-corrected chi connectivity index (χ1v) is 18.3. The largest absolute Gasteiger partial charge is 2.00 e. The zero-order chi connectivity index (χ0) is 31.6. The molecule has 0 heterocycles. The fourth-order valence-corrected chi connectivity index (χ4v) is 11.4. The van der Waals surface area contributed by atoms with Crippen molar-refractivity contribution in [2.24, 2.45) is 28.6 Å². The van der Waals surface area contributed by atoms with Gasteiger partial charge in [0, 0.05) is 11.3 Å². The number of hydrogen-bond donors (Lipinski definition) is 0. The third-order valence-electron chi connectivity index (χ3n) is 13.1. The van der Waals surface area contributed by atoms with Crippen molar-refractivity contribution in [1.82, 2.24) is 0 Å². The first-order chi connectivity index (χ1) is 20.5.